The monoisotopic (exact) mass is 329 g/mol. The Morgan fingerprint density at radius 3 is 2.05 bits per heavy atom. The highest BCUT2D eigenvalue weighted by atomic mass is 35.5. The number of hydrogen-bond acceptors (Lipinski definition) is 4. The quantitative estimate of drug-likeness (QED) is 0.771. The fraction of sp³-hybridized carbons (Fsp3) is 0.562. The molecule has 0 N–H and O–H groups in total. The van der Waals surface area contributed by atoms with Crippen molar-refractivity contribution in [2.24, 2.45) is 0 Å². The lowest BCUT2D eigenvalue weighted by atomic mass is 10.1. The fourth-order valence-electron chi connectivity index (χ4n) is 1.94. The number of amides is 1. The summed E-state index contributed by atoms with van der Waals surface area (Å²) in [6.07, 6.45) is -0.383. The zero-order valence-electron chi connectivity index (χ0n) is 14.0. The highest BCUT2D eigenvalue weighted by Gasteiger charge is 2.20. The smallest absolute Gasteiger partial charge is 0.410 e. The molecule has 0 saturated carbocycles. The maximum atomic E-state index is 12.0. The van der Waals surface area contributed by atoms with E-state index in [2.05, 4.69) is 0 Å². The van der Waals surface area contributed by atoms with Crippen LogP contribution in [-0.2, 0) is 17.2 Å². The molecule has 0 aromatic heterocycles. The summed E-state index contributed by atoms with van der Waals surface area (Å²) < 4.78 is 16.0. The molecule has 0 atom stereocenters. The number of benzene rings is 1. The van der Waals surface area contributed by atoms with Gasteiger partial charge in [0.15, 0.2) is 0 Å². The molecule has 1 rings (SSSR count). The van der Waals surface area contributed by atoms with E-state index in [9.17, 15) is 4.79 Å². The van der Waals surface area contributed by atoms with Crippen molar-refractivity contribution in [3.8, 4) is 11.5 Å². The number of carbonyl (C=O) groups excluding carboxylic acids is 1. The van der Waals surface area contributed by atoms with E-state index < -0.39 is 5.60 Å². The van der Waals surface area contributed by atoms with Crippen molar-refractivity contribution in [2.45, 2.75) is 38.8 Å². The van der Waals surface area contributed by atoms with E-state index in [1.807, 2.05) is 32.9 Å². The molecule has 0 aliphatic heterocycles. The minimum atomic E-state index is -0.525. The summed E-state index contributed by atoms with van der Waals surface area (Å²) in [6.45, 7) is 5.88. The van der Waals surface area contributed by atoms with Crippen LogP contribution >= 0.6 is 11.6 Å². The van der Waals surface area contributed by atoms with Crippen molar-refractivity contribution in [3.63, 3.8) is 0 Å². The first-order chi connectivity index (χ1) is 10.2. The Kier molecular flexibility index (Phi) is 6.35. The molecule has 5 nitrogen and oxygen atoms in total. The summed E-state index contributed by atoms with van der Waals surface area (Å²) in [5.74, 6) is 1.57. The number of hydrogen-bond donors (Lipinski definition) is 0. The van der Waals surface area contributed by atoms with Gasteiger partial charge in [0.05, 0.1) is 25.7 Å². The van der Waals surface area contributed by atoms with Crippen LogP contribution in [0, 0.1) is 0 Å². The highest BCUT2D eigenvalue weighted by Crippen LogP contribution is 2.32. The maximum Gasteiger partial charge on any atom is 0.410 e. The number of ether oxygens (including phenoxy) is 3. The van der Waals surface area contributed by atoms with Crippen LogP contribution in [0.2, 0.25) is 0 Å². The van der Waals surface area contributed by atoms with Crippen LogP contribution in [0.1, 0.15) is 31.9 Å². The third-order valence-electron chi connectivity index (χ3n) is 2.93. The average molecular weight is 330 g/mol. The van der Waals surface area contributed by atoms with E-state index in [0.29, 0.717) is 18.0 Å². The summed E-state index contributed by atoms with van der Waals surface area (Å²) >= 11 is 5.93. The van der Waals surface area contributed by atoms with E-state index in [0.717, 1.165) is 11.1 Å². The molecule has 1 aromatic carbocycles. The number of halogens is 1. The first-order valence-electron chi connectivity index (χ1n) is 6.95. The van der Waals surface area contributed by atoms with E-state index in [1.54, 1.807) is 21.3 Å². The minimum absolute atomic E-state index is 0.286. The predicted octanol–water partition coefficient (Wildman–Crippen LogP) is 3.81. The van der Waals surface area contributed by atoms with Gasteiger partial charge in [-0.05, 0) is 38.5 Å². The zero-order valence-corrected chi connectivity index (χ0v) is 14.8. The minimum Gasteiger partial charge on any atom is -0.496 e. The number of nitrogens with zero attached hydrogens (tertiary/aromatic N) is 1. The standard InChI is InChI=1S/C16H24ClNO4/c1-16(2,3)22-15(19)18(4)10-11-7-13(20-5)12(9-17)14(8-11)21-6/h7-8H,9-10H2,1-6H3. The Bertz CT molecular complexity index is 500. The second-order valence-electron chi connectivity index (χ2n) is 5.95. The maximum absolute atomic E-state index is 12.0. The van der Waals surface area contributed by atoms with Crippen LogP contribution in [-0.4, -0.2) is 37.9 Å². The summed E-state index contributed by atoms with van der Waals surface area (Å²) in [5.41, 5.74) is 1.13. The molecular formula is C16H24ClNO4. The van der Waals surface area contributed by atoms with Gasteiger partial charge in [0, 0.05) is 13.6 Å². The van der Waals surface area contributed by atoms with Crippen LogP contribution in [0.25, 0.3) is 0 Å². The van der Waals surface area contributed by atoms with E-state index in [-0.39, 0.29) is 12.0 Å². The summed E-state index contributed by atoms with van der Waals surface area (Å²) in [6, 6.07) is 3.70. The molecule has 0 unspecified atom stereocenters. The Morgan fingerprint density at radius 1 is 1.18 bits per heavy atom. The van der Waals surface area contributed by atoms with Gasteiger partial charge in [-0.15, -0.1) is 11.6 Å². The van der Waals surface area contributed by atoms with Crippen molar-refractivity contribution in [3.05, 3.63) is 23.3 Å². The van der Waals surface area contributed by atoms with Crippen LogP contribution in [0.5, 0.6) is 11.5 Å². The van der Waals surface area contributed by atoms with Crippen molar-refractivity contribution >= 4 is 17.7 Å². The molecule has 124 valence electrons. The van der Waals surface area contributed by atoms with Gasteiger partial charge in [-0.2, -0.15) is 0 Å². The molecule has 22 heavy (non-hydrogen) atoms. The third-order valence-corrected chi connectivity index (χ3v) is 3.19. The van der Waals surface area contributed by atoms with Crippen LogP contribution < -0.4 is 9.47 Å². The summed E-state index contributed by atoms with van der Waals surface area (Å²) in [4.78, 5) is 13.5. The number of alkyl halides is 1. The highest BCUT2D eigenvalue weighted by molar-refractivity contribution is 6.17. The molecule has 0 aliphatic carbocycles. The molecule has 0 heterocycles. The van der Waals surface area contributed by atoms with E-state index >= 15 is 0 Å². The lowest BCUT2D eigenvalue weighted by Gasteiger charge is -2.25. The second-order valence-corrected chi connectivity index (χ2v) is 6.22. The summed E-state index contributed by atoms with van der Waals surface area (Å²) in [7, 11) is 4.83. The van der Waals surface area contributed by atoms with Gasteiger partial charge in [0.25, 0.3) is 0 Å². The Balaban J connectivity index is 2.96. The molecule has 1 aromatic rings. The van der Waals surface area contributed by atoms with Crippen molar-refractivity contribution < 1.29 is 19.0 Å². The molecule has 0 bridgehead atoms. The first kappa shape index (κ1) is 18.4. The number of carbonyl (C=O) groups is 1. The van der Waals surface area contributed by atoms with Crippen LogP contribution in [0.15, 0.2) is 12.1 Å². The van der Waals surface area contributed by atoms with Gasteiger partial charge >= 0.3 is 6.09 Å². The molecule has 1 amide bonds. The molecule has 6 heteroatoms. The predicted molar refractivity (Wildman–Crippen MR) is 86.8 cm³/mol. The van der Waals surface area contributed by atoms with Gasteiger partial charge in [-0.3, -0.25) is 0 Å². The summed E-state index contributed by atoms with van der Waals surface area (Å²) in [5, 5.41) is 0. The lowest BCUT2D eigenvalue weighted by Crippen LogP contribution is -2.33. The Hall–Kier alpha value is -1.62. The van der Waals surface area contributed by atoms with Gasteiger partial charge in [0.2, 0.25) is 0 Å². The molecule has 0 saturated heterocycles. The van der Waals surface area contributed by atoms with E-state index in [4.69, 9.17) is 25.8 Å². The van der Waals surface area contributed by atoms with Gasteiger partial charge in [-0.25, -0.2) is 4.79 Å². The third kappa shape index (κ3) is 4.98. The molecule has 0 aliphatic rings. The van der Waals surface area contributed by atoms with Gasteiger partial charge in [-0.1, -0.05) is 0 Å². The zero-order chi connectivity index (χ0) is 16.9. The number of rotatable bonds is 5. The lowest BCUT2D eigenvalue weighted by molar-refractivity contribution is 0.0285. The van der Waals surface area contributed by atoms with E-state index in [1.165, 1.54) is 4.90 Å². The normalized spacial score (nSPS) is 11.0. The van der Waals surface area contributed by atoms with Crippen molar-refractivity contribution in [1.82, 2.24) is 4.90 Å². The number of methoxy groups -OCH3 is 2. The topological polar surface area (TPSA) is 48.0 Å². The molecule has 0 fully saturated rings. The second kappa shape index (κ2) is 7.58. The Labute approximate surface area is 137 Å². The van der Waals surface area contributed by atoms with Crippen molar-refractivity contribution in [1.29, 1.82) is 0 Å². The molecule has 0 spiro atoms. The Morgan fingerprint density at radius 2 is 1.68 bits per heavy atom. The van der Waals surface area contributed by atoms with Crippen LogP contribution in [0.4, 0.5) is 4.79 Å². The van der Waals surface area contributed by atoms with Crippen molar-refractivity contribution in [2.75, 3.05) is 21.3 Å². The molecule has 0 radical (unpaired) electrons. The van der Waals surface area contributed by atoms with Gasteiger partial charge < -0.3 is 19.1 Å². The SMILES string of the molecule is COc1cc(CN(C)C(=O)OC(C)(C)C)cc(OC)c1CCl. The molecular weight excluding hydrogens is 306 g/mol. The fourth-order valence-corrected chi connectivity index (χ4v) is 2.20. The largest absolute Gasteiger partial charge is 0.496 e. The van der Waals surface area contributed by atoms with Crippen LogP contribution in [0.3, 0.4) is 0 Å². The first-order valence-corrected chi connectivity index (χ1v) is 7.49. The average Bonchev–Trinajstić information content (AvgIpc) is 2.44. The van der Waals surface area contributed by atoms with Gasteiger partial charge in [0.1, 0.15) is 17.1 Å².